The Kier molecular flexibility index (Phi) is 1.15. The summed E-state index contributed by atoms with van der Waals surface area (Å²) in [5.41, 5.74) is 6.90. The van der Waals surface area contributed by atoms with E-state index in [4.69, 9.17) is 5.73 Å². The van der Waals surface area contributed by atoms with Crippen LogP contribution in [0.1, 0.15) is 0 Å². The Balaban J connectivity index is 2.92. The first-order chi connectivity index (χ1) is 5.29. The average molecular weight is 146 g/mol. The van der Waals surface area contributed by atoms with E-state index in [-0.39, 0.29) is 0 Å². The summed E-state index contributed by atoms with van der Waals surface area (Å²) in [5.74, 6) is 0.811. The molecule has 0 atom stereocenters. The number of nitrogens with zero attached hydrogens (tertiary/aromatic N) is 1. The SMILES string of the molecule is Cn1c(N)cc2ccccc21. The van der Waals surface area contributed by atoms with E-state index in [9.17, 15) is 0 Å². The van der Waals surface area contributed by atoms with Crippen LogP contribution in [0.3, 0.4) is 0 Å². The molecule has 0 saturated heterocycles. The third kappa shape index (κ3) is 0.792. The minimum absolute atomic E-state index is 0.811. The lowest BCUT2D eigenvalue weighted by Crippen LogP contribution is -1.94. The molecule has 0 fully saturated rings. The first-order valence-electron chi connectivity index (χ1n) is 3.59. The van der Waals surface area contributed by atoms with Crippen LogP contribution in [0.4, 0.5) is 5.82 Å². The lowest BCUT2D eigenvalue weighted by molar-refractivity contribution is 0.983. The fourth-order valence-corrected chi connectivity index (χ4v) is 1.31. The molecule has 0 bridgehead atoms. The monoisotopic (exact) mass is 146 g/mol. The number of anilines is 1. The molecule has 0 spiro atoms. The molecular formula is C9H10N2. The summed E-state index contributed by atoms with van der Waals surface area (Å²) in [6.07, 6.45) is 0. The molecule has 2 heteroatoms. The largest absolute Gasteiger partial charge is 0.385 e. The van der Waals surface area contributed by atoms with Gasteiger partial charge in [0.15, 0.2) is 0 Å². The van der Waals surface area contributed by atoms with Crippen LogP contribution in [-0.4, -0.2) is 4.57 Å². The molecule has 1 aromatic carbocycles. The van der Waals surface area contributed by atoms with E-state index >= 15 is 0 Å². The molecular weight excluding hydrogens is 136 g/mol. The Bertz CT molecular complexity index is 387. The van der Waals surface area contributed by atoms with Gasteiger partial charge in [-0.3, -0.25) is 0 Å². The van der Waals surface area contributed by atoms with Crippen LogP contribution in [0.15, 0.2) is 30.3 Å². The third-order valence-corrected chi connectivity index (χ3v) is 1.99. The predicted molar refractivity (Wildman–Crippen MR) is 47.3 cm³/mol. The topological polar surface area (TPSA) is 30.9 Å². The van der Waals surface area contributed by atoms with Gasteiger partial charge in [0, 0.05) is 18.0 Å². The molecule has 0 radical (unpaired) electrons. The van der Waals surface area contributed by atoms with Crippen molar-refractivity contribution in [2.24, 2.45) is 7.05 Å². The van der Waals surface area contributed by atoms with E-state index in [0.717, 1.165) is 5.82 Å². The Morgan fingerprint density at radius 2 is 2.00 bits per heavy atom. The van der Waals surface area contributed by atoms with Gasteiger partial charge in [-0.2, -0.15) is 0 Å². The third-order valence-electron chi connectivity index (χ3n) is 1.99. The zero-order chi connectivity index (χ0) is 7.84. The van der Waals surface area contributed by atoms with Gasteiger partial charge in [-0.15, -0.1) is 0 Å². The maximum Gasteiger partial charge on any atom is 0.104 e. The van der Waals surface area contributed by atoms with Gasteiger partial charge >= 0.3 is 0 Å². The van der Waals surface area contributed by atoms with Crippen molar-refractivity contribution in [3.8, 4) is 0 Å². The molecule has 0 amide bonds. The minimum Gasteiger partial charge on any atom is -0.385 e. The van der Waals surface area contributed by atoms with E-state index in [1.54, 1.807) is 0 Å². The highest BCUT2D eigenvalue weighted by Crippen LogP contribution is 2.18. The number of fused-ring (bicyclic) bond motifs is 1. The molecule has 2 N–H and O–H groups in total. The quantitative estimate of drug-likeness (QED) is 0.603. The second-order valence-corrected chi connectivity index (χ2v) is 2.69. The number of rotatable bonds is 0. The van der Waals surface area contributed by atoms with E-state index in [0.29, 0.717) is 0 Å². The van der Waals surface area contributed by atoms with Gasteiger partial charge < -0.3 is 10.3 Å². The van der Waals surface area contributed by atoms with Crippen LogP contribution in [-0.2, 0) is 7.05 Å². The van der Waals surface area contributed by atoms with Gasteiger partial charge in [0.2, 0.25) is 0 Å². The van der Waals surface area contributed by atoms with Crippen LogP contribution < -0.4 is 5.73 Å². The molecule has 0 aliphatic rings. The van der Waals surface area contributed by atoms with Crippen molar-refractivity contribution in [2.75, 3.05) is 5.73 Å². The molecule has 56 valence electrons. The number of para-hydroxylation sites is 1. The summed E-state index contributed by atoms with van der Waals surface area (Å²) in [7, 11) is 1.97. The summed E-state index contributed by atoms with van der Waals surface area (Å²) < 4.78 is 1.98. The fourth-order valence-electron chi connectivity index (χ4n) is 1.31. The smallest absolute Gasteiger partial charge is 0.104 e. The molecule has 1 heterocycles. The zero-order valence-corrected chi connectivity index (χ0v) is 6.41. The van der Waals surface area contributed by atoms with Gasteiger partial charge in [-0.1, -0.05) is 18.2 Å². The van der Waals surface area contributed by atoms with Crippen LogP contribution in [0.5, 0.6) is 0 Å². The lowest BCUT2D eigenvalue weighted by atomic mass is 10.2. The highest BCUT2D eigenvalue weighted by Gasteiger charge is 1.99. The first kappa shape index (κ1) is 6.28. The minimum atomic E-state index is 0.811. The summed E-state index contributed by atoms with van der Waals surface area (Å²) in [4.78, 5) is 0. The van der Waals surface area contributed by atoms with Crippen LogP contribution >= 0.6 is 0 Å². The summed E-state index contributed by atoms with van der Waals surface area (Å²) in [6.45, 7) is 0. The number of hydrogen-bond acceptors (Lipinski definition) is 1. The van der Waals surface area contributed by atoms with E-state index in [1.807, 2.05) is 29.8 Å². The molecule has 0 aliphatic carbocycles. The Labute approximate surface area is 65.2 Å². The maximum atomic E-state index is 5.72. The molecule has 2 aromatic rings. The number of nitrogen functional groups attached to an aromatic ring is 1. The van der Waals surface area contributed by atoms with Crippen molar-refractivity contribution in [1.82, 2.24) is 4.57 Å². The van der Waals surface area contributed by atoms with Crippen molar-refractivity contribution in [3.63, 3.8) is 0 Å². The van der Waals surface area contributed by atoms with Crippen LogP contribution in [0, 0.1) is 0 Å². The summed E-state index contributed by atoms with van der Waals surface area (Å²) in [5, 5.41) is 1.20. The number of nitrogens with two attached hydrogens (primary N) is 1. The molecule has 2 nitrogen and oxygen atoms in total. The standard InChI is InChI=1S/C9H10N2/c1-11-8-5-3-2-4-7(8)6-9(11)10/h2-6H,10H2,1H3. The Morgan fingerprint density at radius 1 is 1.27 bits per heavy atom. The van der Waals surface area contributed by atoms with Crippen molar-refractivity contribution >= 4 is 16.7 Å². The molecule has 11 heavy (non-hydrogen) atoms. The van der Waals surface area contributed by atoms with Crippen LogP contribution in [0.2, 0.25) is 0 Å². The molecule has 0 aliphatic heterocycles. The Hall–Kier alpha value is -1.44. The van der Waals surface area contributed by atoms with Crippen molar-refractivity contribution in [2.45, 2.75) is 0 Å². The lowest BCUT2D eigenvalue weighted by Gasteiger charge is -1.96. The average Bonchev–Trinajstić information content (AvgIpc) is 2.30. The number of hydrogen-bond donors (Lipinski definition) is 1. The summed E-state index contributed by atoms with van der Waals surface area (Å²) in [6, 6.07) is 10.1. The predicted octanol–water partition coefficient (Wildman–Crippen LogP) is 1.76. The zero-order valence-electron chi connectivity index (χ0n) is 6.41. The second kappa shape index (κ2) is 2.02. The Morgan fingerprint density at radius 3 is 2.73 bits per heavy atom. The highest BCUT2D eigenvalue weighted by atomic mass is 15.0. The van der Waals surface area contributed by atoms with Crippen LogP contribution in [0.25, 0.3) is 10.9 Å². The van der Waals surface area contributed by atoms with E-state index in [1.165, 1.54) is 10.9 Å². The van der Waals surface area contributed by atoms with Crippen molar-refractivity contribution < 1.29 is 0 Å². The number of benzene rings is 1. The van der Waals surface area contributed by atoms with Gasteiger partial charge in [0.1, 0.15) is 5.82 Å². The number of aromatic nitrogens is 1. The van der Waals surface area contributed by atoms with Gasteiger partial charge in [0.25, 0.3) is 0 Å². The maximum absolute atomic E-state index is 5.72. The first-order valence-corrected chi connectivity index (χ1v) is 3.59. The molecule has 0 unspecified atom stereocenters. The highest BCUT2D eigenvalue weighted by molar-refractivity contribution is 5.84. The van der Waals surface area contributed by atoms with Gasteiger partial charge in [0.05, 0.1) is 0 Å². The van der Waals surface area contributed by atoms with E-state index < -0.39 is 0 Å². The molecule has 1 aromatic heterocycles. The second-order valence-electron chi connectivity index (χ2n) is 2.69. The fraction of sp³-hybridized carbons (Fsp3) is 0.111. The van der Waals surface area contributed by atoms with Gasteiger partial charge in [-0.25, -0.2) is 0 Å². The number of aryl methyl sites for hydroxylation is 1. The molecule has 2 rings (SSSR count). The van der Waals surface area contributed by atoms with Gasteiger partial charge in [-0.05, 0) is 12.1 Å². The van der Waals surface area contributed by atoms with Crippen molar-refractivity contribution in [1.29, 1.82) is 0 Å². The van der Waals surface area contributed by atoms with Crippen molar-refractivity contribution in [3.05, 3.63) is 30.3 Å². The molecule has 0 saturated carbocycles. The van der Waals surface area contributed by atoms with E-state index in [2.05, 4.69) is 12.1 Å². The normalized spacial score (nSPS) is 10.6. The summed E-state index contributed by atoms with van der Waals surface area (Å²) >= 11 is 0.